The summed E-state index contributed by atoms with van der Waals surface area (Å²) in [6, 6.07) is 0. The second-order valence-corrected chi connectivity index (χ2v) is 2.89. The molecule has 0 saturated carbocycles. The Labute approximate surface area is 79.3 Å². The van der Waals surface area contributed by atoms with Crippen LogP contribution >= 0.6 is 0 Å². The Hall–Kier alpha value is -0.940. The number of carbonyl (C=O) groups excluding carboxylic acids is 2. The number of rotatable bonds is 2. The summed E-state index contributed by atoms with van der Waals surface area (Å²) in [6.45, 7) is 2.88. The molecule has 2 nitrogen and oxygen atoms in total. The topological polar surface area (TPSA) is 34.1 Å². The highest BCUT2D eigenvalue weighted by Crippen LogP contribution is 2.11. The van der Waals surface area contributed by atoms with Crippen molar-refractivity contribution in [1.29, 1.82) is 0 Å². The summed E-state index contributed by atoms with van der Waals surface area (Å²) in [5.41, 5.74) is 0. The van der Waals surface area contributed by atoms with Gasteiger partial charge in [0.15, 0.2) is 11.6 Å². The van der Waals surface area contributed by atoms with E-state index in [1.807, 2.05) is 0 Å². The van der Waals surface area contributed by atoms with Gasteiger partial charge in [-0.15, -0.1) is 0 Å². The molecule has 0 spiro atoms. The van der Waals surface area contributed by atoms with Gasteiger partial charge in [-0.2, -0.15) is 17.6 Å². The smallest absolute Gasteiger partial charge is 0.293 e. The molecule has 0 fully saturated rings. The lowest BCUT2D eigenvalue weighted by Gasteiger charge is -2.01. The molecule has 0 aliphatic rings. The first-order valence-corrected chi connectivity index (χ1v) is 3.66. The van der Waals surface area contributed by atoms with Gasteiger partial charge in [-0.3, -0.25) is 9.59 Å². The molecule has 0 rings (SSSR count). The van der Waals surface area contributed by atoms with Gasteiger partial charge in [0.05, 0.1) is 0 Å². The third-order valence-corrected chi connectivity index (χ3v) is 1.24. The molecule has 0 aromatic rings. The van der Waals surface area contributed by atoms with Crippen LogP contribution in [-0.2, 0) is 9.59 Å². The minimum atomic E-state index is -3.14. The number of halogens is 4. The van der Waals surface area contributed by atoms with E-state index >= 15 is 0 Å². The number of alkyl halides is 4. The van der Waals surface area contributed by atoms with Crippen LogP contribution < -0.4 is 0 Å². The van der Waals surface area contributed by atoms with Crippen LogP contribution in [0.15, 0.2) is 0 Å². The highest BCUT2D eigenvalue weighted by atomic mass is 19.3. The second kappa shape index (κ2) is 5.07. The Morgan fingerprint density at radius 3 is 0.857 bits per heavy atom. The average Bonchev–Trinajstić information content (AvgIpc) is 1.83. The van der Waals surface area contributed by atoms with Gasteiger partial charge in [0, 0.05) is 27.7 Å². The van der Waals surface area contributed by atoms with Gasteiger partial charge in [-0.25, -0.2) is 0 Å². The fraction of sp³-hybridized carbons (Fsp3) is 0.750. The van der Waals surface area contributed by atoms with Crippen molar-refractivity contribution in [3.8, 4) is 0 Å². The Bertz CT molecular complexity index is 188. The number of hydrogen-bond acceptors (Lipinski definition) is 2. The number of Topliss-reactive ketones (excluding diaryl/α,β-unsaturated/α-hetero) is 2. The Morgan fingerprint density at radius 2 is 0.857 bits per heavy atom. The van der Waals surface area contributed by atoms with Crippen LogP contribution in [0.4, 0.5) is 17.6 Å². The van der Waals surface area contributed by atoms with Crippen molar-refractivity contribution < 1.29 is 27.2 Å². The van der Waals surface area contributed by atoms with E-state index in [-0.39, 0.29) is 0 Å². The van der Waals surface area contributed by atoms with Crippen molar-refractivity contribution in [2.45, 2.75) is 39.5 Å². The minimum absolute atomic E-state index is 0.579. The summed E-state index contributed by atoms with van der Waals surface area (Å²) in [5, 5.41) is 0. The molecule has 0 aromatic carbocycles. The maximum atomic E-state index is 11.5. The molecule has 6 heteroatoms. The maximum Gasteiger partial charge on any atom is 0.302 e. The van der Waals surface area contributed by atoms with Crippen LogP contribution in [-0.4, -0.2) is 23.4 Å². The molecule has 0 heterocycles. The first-order chi connectivity index (χ1) is 5.89. The fourth-order valence-electron chi connectivity index (χ4n) is 0. The standard InChI is InChI=1S/2C4H6F2O/c2*1-3(7)4(2,5)6/h2*1-2H3. The van der Waals surface area contributed by atoms with E-state index in [1.54, 1.807) is 0 Å². The van der Waals surface area contributed by atoms with E-state index in [2.05, 4.69) is 0 Å². The minimum Gasteiger partial charge on any atom is -0.293 e. The molecular weight excluding hydrogens is 204 g/mol. The van der Waals surface area contributed by atoms with Crippen molar-refractivity contribution in [1.82, 2.24) is 0 Å². The maximum absolute atomic E-state index is 11.5. The molecule has 0 bridgehead atoms. The summed E-state index contributed by atoms with van der Waals surface area (Å²) in [4.78, 5) is 19.4. The molecule has 0 N–H and O–H groups in total. The van der Waals surface area contributed by atoms with Crippen LogP contribution in [0.3, 0.4) is 0 Å². The number of ketones is 2. The van der Waals surface area contributed by atoms with E-state index in [4.69, 9.17) is 0 Å². The highest BCUT2D eigenvalue weighted by molar-refractivity contribution is 5.82. The molecule has 0 amide bonds. The SMILES string of the molecule is CC(=O)C(C)(F)F.CC(=O)C(C)(F)F. The summed E-state index contributed by atoms with van der Waals surface area (Å²) in [6.07, 6.45) is 0. The Morgan fingerprint density at radius 1 is 0.786 bits per heavy atom. The molecule has 0 aliphatic carbocycles. The zero-order chi connectivity index (χ0) is 12.2. The van der Waals surface area contributed by atoms with Gasteiger partial charge >= 0.3 is 11.8 Å². The van der Waals surface area contributed by atoms with Crippen LogP contribution in [0.1, 0.15) is 27.7 Å². The van der Waals surface area contributed by atoms with Gasteiger partial charge in [-0.1, -0.05) is 0 Å². The van der Waals surface area contributed by atoms with Crippen molar-refractivity contribution in [3.05, 3.63) is 0 Å². The summed E-state index contributed by atoms with van der Waals surface area (Å²) in [5.74, 6) is -8.46. The molecule has 0 radical (unpaired) electrons. The summed E-state index contributed by atoms with van der Waals surface area (Å²) in [7, 11) is 0. The van der Waals surface area contributed by atoms with Gasteiger partial charge in [0.1, 0.15) is 0 Å². The lowest BCUT2D eigenvalue weighted by atomic mass is 10.3. The molecule has 0 aromatic heterocycles. The summed E-state index contributed by atoms with van der Waals surface area (Å²) >= 11 is 0. The van der Waals surface area contributed by atoms with E-state index in [1.165, 1.54) is 0 Å². The van der Waals surface area contributed by atoms with Gasteiger partial charge in [0.25, 0.3) is 0 Å². The second-order valence-electron chi connectivity index (χ2n) is 2.89. The van der Waals surface area contributed by atoms with Crippen LogP contribution in [0.5, 0.6) is 0 Å². The van der Waals surface area contributed by atoms with E-state index in [9.17, 15) is 27.2 Å². The van der Waals surface area contributed by atoms with Crippen LogP contribution in [0, 0.1) is 0 Å². The molecule has 0 saturated heterocycles. The molecular formula is C8H12F4O2. The number of carbonyl (C=O) groups is 2. The van der Waals surface area contributed by atoms with Crippen molar-refractivity contribution in [3.63, 3.8) is 0 Å². The Balaban J connectivity index is 0. The molecule has 0 atom stereocenters. The number of hydrogen-bond donors (Lipinski definition) is 0. The van der Waals surface area contributed by atoms with E-state index < -0.39 is 23.4 Å². The van der Waals surface area contributed by atoms with Gasteiger partial charge in [-0.05, 0) is 0 Å². The predicted molar refractivity (Wildman–Crippen MR) is 42.6 cm³/mol. The van der Waals surface area contributed by atoms with E-state index in [0.29, 0.717) is 13.8 Å². The van der Waals surface area contributed by atoms with Crippen molar-refractivity contribution >= 4 is 11.6 Å². The normalized spacial score (nSPS) is 11.4. The van der Waals surface area contributed by atoms with Crippen molar-refractivity contribution in [2.75, 3.05) is 0 Å². The summed E-state index contributed by atoms with van der Waals surface area (Å²) < 4.78 is 46.0. The van der Waals surface area contributed by atoms with Crippen LogP contribution in [0.25, 0.3) is 0 Å². The first-order valence-electron chi connectivity index (χ1n) is 3.66. The third kappa shape index (κ3) is 9.15. The first kappa shape index (κ1) is 15.5. The lowest BCUT2D eigenvalue weighted by Crippen LogP contribution is -2.20. The molecule has 0 aliphatic heterocycles. The highest BCUT2D eigenvalue weighted by Gasteiger charge is 2.27. The third-order valence-electron chi connectivity index (χ3n) is 1.24. The van der Waals surface area contributed by atoms with E-state index in [0.717, 1.165) is 13.8 Å². The predicted octanol–water partition coefficient (Wildman–Crippen LogP) is 2.46. The lowest BCUT2D eigenvalue weighted by molar-refractivity contribution is -0.138. The zero-order valence-corrected chi connectivity index (χ0v) is 8.33. The largest absolute Gasteiger partial charge is 0.302 e. The van der Waals surface area contributed by atoms with Gasteiger partial charge in [0.2, 0.25) is 0 Å². The quantitative estimate of drug-likeness (QED) is 0.664. The van der Waals surface area contributed by atoms with Gasteiger partial charge < -0.3 is 0 Å². The monoisotopic (exact) mass is 216 g/mol. The molecule has 0 unspecified atom stereocenters. The zero-order valence-electron chi connectivity index (χ0n) is 8.33. The Kier molecular flexibility index (Phi) is 5.62. The fourth-order valence-corrected chi connectivity index (χ4v) is 0. The van der Waals surface area contributed by atoms with Crippen molar-refractivity contribution in [2.24, 2.45) is 0 Å². The average molecular weight is 216 g/mol. The molecule has 84 valence electrons. The van der Waals surface area contributed by atoms with Crippen LogP contribution in [0.2, 0.25) is 0 Å². The molecule has 14 heavy (non-hydrogen) atoms.